The predicted octanol–water partition coefficient (Wildman–Crippen LogP) is 2.72. The Morgan fingerprint density at radius 1 is 0.917 bits per heavy atom. The number of nitrogens with zero attached hydrogens (tertiary/aromatic N) is 2. The van der Waals surface area contributed by atoms with Crippen LogP contribution in [0.1, 0.15) is 11.1 Å². The lowest BCUT2D eigenvalue weighted by atomic mass is 10.2. The second kappa shape index (κ2) is 8.37. The van der Waals surface area contributed by atoms with Crippen molar-refractivity contribution in [3.8, 4) is 0 Å². The molecule has 0 bridgehead atoms. The third kappa shape index (κ3) is 5.40. The van der Waals surface area contributed by atoms with Crippen molar-refractivity contribution in [2.45, 2.75) is 12.3 Å². The molecular formula is C18H23FN2O2S. The summed E-state index contributed by atoms with van der Waals surface area (Å²) < 4.78 is 40.9. The molecule has 24 heavy (non-hydrogen) atoms. The molecule has 6 heteroatoms. The first-order valence-corrected chi connectivity index (χ1v) is 9.39. The van der Waals surface area contributed by atoms with Crippen LogP contribution >= 0.6 is 0 Å². The van der Waals surface area contributed by atoms with E-state index in [9.17, 15) is 12.8 Å². The van der Waals surface area contributed by atoms with E-state index in [1.54, 1.807) is 30.3 Å². The van der Waals surface area contributed by atoms with Crippen molar-refractivity contribution in [3.05, 3.63) is 71.5 Å². The quantitative estimate of drug-likeness (QED) is 0.735. The van der Waals surface area contributed by atoms with E-state index in [-0.39, 0.29) is 18.1 Å². The van der Waals surface area contributed by atoms with Crippen LogP contribution in [0.2, 0.25) is 0 Å². The molecule has 0 aromatic heterocycles. The maximum Gasteiger partial charge on any atom is 0.218 e. The highest BCUT2D eigenvalue weighted by atomic mass is 32.2. The number of hydrogen-bond donors (Lipinski definition) is 0. The Balaban J connectivity index is 2.22. The van der Waals surface area contributed by atoms with Crippen LogP contribution in [-0.2, 0) is 22.3 Å². The minimum Gasteiger partial charge on any atom is -0.308 e. The van der Waals surface area contributed by atoms with Gasteiger partial charge in [-0.05, 0) is 25.7 Å². The topological polar surface area (TPSA) is 40.6 Å². The van der Waals surface area contributed by atoms with Gasteiger partial charge in [0.2, 0.25) is 10.0 Å². The fourth-order valence-corrected chi connectivity index (χ4v) is 3.81. The summed E-state index contributed by atoms with van der Waals surface area (Å²) >= 11 is 0. The van der Waals surface area contributed by atoms with Gasteiger partial charge in [-0.1, -0.05) is 48.5 Å². The molecule has 2 rings (SSSR count). The molecular weight excluding hydrogens is 327 g/mol. The van der Waals surface area contributed by atoms with Gasteiger partial charge < -0.3 is 4.90 Å². The van der Waals surface area contributed by atoms with Gasteiger partial charge >= 0.3 is 0 Å². The van der Waals surface area contributed by atoms with Crippen molar-refractivity contribution in [2.24, 2.45) is 0 Å². The highest BCUT2D eigenvalue weighted by Gasteiger charge is 2.23. The lowest BCUT2D eigenvalue weighted by Gasteiger charge is -2.24. The molecule has 0 aliphatic heterocycles. The van der Waals surface area contributed by atoms with Gasteiger partial charge in [0.05, 0.1) is 5.75 Å². The van der Waals surface area contributed by atoms with Crippen LogP contribution in [0.25, 0.3) is 0 Å². The summed E-state index contributed by atoms with van der Waals surface area (Å²) in [5, 5.41) is 0. The van der Waals surface area contributed by atoms with Gasteiger partial charge in [-0.3, -0.25) is 0 Å². The molecule has 4 nitrogen and oxygen atoms in total. The van der Waals surface area contributed by atoms with Crippen LogP contribution in [-0.4, -0.2) is 44.8 Å². The molecule has 0 heterocycles. The highest BCUT2D eigenvalue weighted by Crippen LogP contribution is 2.16. The summed E-state index contributed by atoms with van der Waals surface area (Å²) in [5.41, 5.74) is 1.11. The molecule has 0 N–H and O–H groups in total. The zero-order valence-electron chi connectivity index (χ0n) is 14.0. The lowest BCUT2D eigenvalue weighted by molar-refractivity contribution is 0.326. The van der Waals surface area contributed by atoms with Gasteiger partial charge in [0.15, 0.2) is 0 Å². The molecule has 0 aliphatic rings. The van der Waals surface area contributed by atoms with E-state index in [4.69, 9.17) is 0 Å². The first kappa shape index (κ1) is 18.6. The molecule has 2 aromatic rings. The van der Waals surface area contributed by atoms with Crippen LogP contribution in [0.4, 0.5) is 4.39 Å². The van der Waals surface area contributed by atoms with Crippen LogP contribution in [0.15, 0.2) is 54.6 Å². The average Bonchev–Trinajstić information content (AvgIpc) is 2.53. The van der Waals surface area contributed by atoms with Gasteiger partial charge in [-0.2, -0.15) is 4.31 Å². The van der Waals surface area contributed by atoms with Crippen molar-refractivity contribution in [1.29, 1.82) is 0 Å². The van der Waals surface area contributed by atoms with E-state index >= 15 is 0 Å². The first-order valence-electron chi connectivity index (χ1n) is 7.78. The Labute approximate surface area is 143 Å². The lowest BCUT2D eigenvalue weighted by Crippen LogP contribution is -2.37. The molecule has 0 saturated heterocycles. The Hall–Kier alpha value is -1.76. The fourth-order valence-electron chi connectivity index (χ4n) is 2.32. The van der Waals surface area contributed by atoms with E-state index in [1.807, 2.05) is 37.2 Å². The summed E-state index contributed by atoms with van der Waals surface area (Å²) in [4.78, 5) is 1.91. The van der Waals surface area contributed by atoms with E-state index in [1.165, 1.54) is 10.4 Å². The molecule has 0 radical (unpaired) electrons. The molecule has 0 atom stereocenters. The normalized spacial score (nSPS) is 12.0. The maximum atomic E-state index is 13.9. The van der Waals surface area contributed by atoms with E-state index in [2.05, 4.69) is 0 Å². The van der Waals surface area contributed by atoms with E-state index in [0.717, 1.165) is 5.56 Å². The van der Waals surface area contributed by atoms with Gasteiger partial charge in [0.25, 0.3) is 0 Å². The number of hydrogen-bond acceptors (Lipinski definition) is 3. The number of benzene rings is 2. The van der Waals surface area contributed by atoms with Gasteiger partial charge in [-0.25, -0.2) is 12.8 Å². The van der Waals surface area contributed by atoms with Crippen molar-refractivity contribution < 1.29 is 12.8 Å². The monoisotopic (exact) mass is 350 g/mol. The minimum atomic E-state index is -3.55. The highest BCUT2D eigenvalue weighted by molar-refractivity contribution is 7.88. The summed E-state index contributed by atoms with van der Waals surface area (Å²) in [6, 6.07) is 15.3. The fraction of sp³-hybridized carbons (Fsp3) is 0.333. The standard InChI is InChI=1S/C18H23FN2O2S/c1-20(2)12-13-21(14-17-10-6-7-11-18(17)19)24(22,23)15-16-8-4-3-5-9-16/h3-11H,12-15H2,1-2H3. The van der Waals surface area contributed by atoms with Crippen molar-refractivity contribution >= 4 is 10.0 Å². The molecule has 0 saturated carbocycles. The zero-order chi connectivity index (χ0) is 17.6. The Kier molecular flexibility index (Phi) is 6.48. The third-order valence-electron chi connectivity index (χ3n) is 3.69. The average molecular weight is 350 g/mol. The Bertz CT molecular complexity index is 749. The van der Waals surface area contributed by atoms with E-state index in [0.29, 0.717) is 18.7 Å². The van der Waals surface area contributed by atoms with Gasteiger partial charge in [0, 0.05) is 25.2 Å². The SMILES string of the molecule is CN(C)CCN(Cc1ccccc1F)S(=O)(=O)Cc1ccccc1. The number of halogens is 1. The number of rotatable bonds is 8. The second-order valence-corrected chi connectivity index (χ2v) is 7.94. The third-order valence-corrected chi connectivity index (χ3v) is 5.48. The maximum absolute atomic E-state index is 13.9. The van der Waals surface area contributed by atoms with Crippen molar-refractivity contribution in [1.82, 2.24) is 9.21 Å². The van der Waals surface area contributed by atoms with Crippen molar-refractivity contribution in [3.63, 3.8) is 0 Å². The van der Waals surface area contributed by atoms with Gasteiger partial charge in [0.1, 0.15) is 5.82 Å². The van der Waals surface area contributed by atoms with E-state index < -0.39 is 10.0 Å². The molecule has 130 valence electrons. The summed E-state index contributed by atoms with van der Waals surface area (Å²) in [5.74, 6) is -0.474. The molecule has 2 aromatic carbocycles. The Morgan fingerprint density at radius 3 is 2.17 bits per heavy atom. The first-order chi connectivity index (χ1) is 11.4. The largest absolute Gasteiger partial charge is 0.308 e. The Morgan fingerprint density at radius 2 is 1.54 bits per heavy atom. The summed E-state index contributed by atoms with van der Waals surface area (Å²) in [7, 11) is 0.214. The molecule has 0 spiro atoms. The summed E-state index contributed by atoms with van der Waals surface area (Å²) in [6.07, 6.45) is 0. The van der Waals surface area contributed by atoms with Crippen LogP contribution in [0.3, 0.4) is 0 Å². The summed E-state index contributed by atoms with van der Waals surface area (Å²) in [6.45, 7) is 0.925. The van der Waals surface area contributed by atoms with Crippen LogP contribution < -0.4 is 0 Å². The number of likely N-dealkylation sites (N-methyl/N-ethyl adjacent to an activating group) is 1. The molecule has 0 aliphatic carbocycles. The molecule has 0 unspecified atom stereocenters. The molecule has 0 amide bonds. The predicted molar refractivity (Wildman–Crippen MR) is 94.4 cm³/mol. The zero-order valence-corrected chi connectivity index (χ0v) is 14.8. The molecule has 0 fully saturated rings. The second-order valence-electron chi connectivity index (χ2n) is 5.97. The van der Waals surface area contributed by atoms with Crippen LogP contribution in [0, 0.1) is 5.82 Å². The smallest absolute Gasteiger partial charge is 0.218 e. The van der Waals surface area contributed by atoms with Crippen molar-refractivity contribution in [2.75, 3.05) is 27.2 Å². The van der Waals surface area contributed by atoms with Gasteiger partial charge in [-0.15, -0.1) is 0 Å². The van der Waals surface area contributed by atoms with Crippen LogP contribution in [0.5, 0.6) is 0 Å². The number of sulfonamides is 1. The minimum absolute atomic E-state index is 0.0374.